The van der Waals surface area contributed by atoms with Gasteiger partial charge in [0.05, 0.1) is 16.7 Å². The zero-order valence-corrected chi connectivity index (χ0v) is 9.76. The van der Waals surface area contributed by atoms with Crippen LogP contribution in [0.4, 0.5) is 0 Å². The SMILES string of the molecule is COC[C@@H](O)COc1c(Cl)cccc1Cl. The van der Waals surface area contributed by atoms with E-state index in [9.17, 15) is 5.11 Å². The molecule has 0 amide bonds. The van der Waals surface area contributed by atoms with Crippen LogP contribution < -0.4 is 4.74 Å². The van der Waals surface area contributed by atoms with Gasteiger partial charge in [-0.1, -0.05) is 29.3 Å². The summed E-state index contributed by atoms with van der Waals surface area (Å²) in [4.78, 5) is 0. The molecule has 0 bridgehead atoms. The molecule has 84 valence electrons. The van der Waals surface area contributed by atoms with Crippen molar-refractivity contribution < 1.29 is 14.6 Å². The molecule has 0 aromatic heterocycles. The molecule has 0 heterocycles. The number of hydrogen-bond acceptors (Lipinski definition) is 3. The normalized spacial score (nSPS) is 12.5. The second-order valence-corrected chi connectivity index (χ2v) is 3.79. The first-order valence-electron chi connectivity index (χ1n) is 4.39. The lowest BCUT2D eigenvalue weighted by atomic mass is 10.3. The third kappa shape index (κ3) is 3.87. The lowest BCUT2D eigenvalue weighted by Crippen LogP contribution is -2.22. The Morgan fingerprint density at radius 1 is 1.27 bits per heavy atom. The summed E-state index contributed by atoms with van der Waals surface area (Å²) in [6, 6.07) is 5.07. The van der Waals surface area contributed by atoms with Crippen LogP contribution in [0, 0.1) is 0 Å². The minimum Gasteiger partial charge on any atom is -0.488 e. The number of aliphatic hydroxyl groups excluding tert-OH is 1. The van der Waals surface area contributed by atoms with Crippen LogP contribution in [0.2, 0.25) is 10.0 Å². The molecule has 0 radical (unpaired) electrons. The van der Waals surface area contributed by atoms with Crippen molar-refractivity contribution in [2.75, 3.05) is 20.3 Å². The van der Waals surface area contributed by atoms with E-state index in [2.05, 4.69) is 0 Å². The molecule has 0 saturated carbocycles. The zero-order chi connectivity index (χ0) is 11.3. The summed E-state index contributed by atoms with van der Waals surface area (Å²) < 4.78 is 10.0. The number of aliphatic hydroxyl groups is 1. The number of para-hydroxylation sites is 1. The Labute approximate surface area is 98.5 Å². The molecular formula is C10H12Cl2O3. The van der Waals surface area contributed by atoms with Crippen molar-refractivity contribution in [3.63, 3.8) is 0 Å². The first-order valence-corrected chi connectivity index (χ1v) is 5.14. The molecule has 1 rings (SSSR count). The van der Waals surface area contributed by atoms with E-state index in [0.29, 0.717) is 15.8 Å². The van der Waals surface area contributed by atoms with E-state index in [1.165, 1.54) is 7.11 Å². The second kappa shape index (κ2) is 6.18. The zero-order valence-electron chi connectivity index (χ0n) is 8.24. The van der Waals surface area contributed by atoms with E-state index in [1.54, 1.807) is 18.2 Å². The van der Waals surface area contributed by atoms with E-state index in [0.717, 1.165) is 0 Å². The van der Waals surface area contributed by atoms with E-state index in [1.807, 2.05) is 0 Å². The van der Waals surface area contributed by atoms with Crippen molar-refractivity contribution in [2.24, 2.45) is 0 Å². The standard InChI is InChI=1S/C10H12Cl2O3/c1-14-5-7(13)6-15-10-8(11)3-2-4-9(10)12/h2-4,7,13H,5-6H2,1H3/t7-/m1/s1. The third-order valence-corrected chi connectivity index (χ3v) is 2.29. The number of methoxy groups -OCH3 is 1. The van der Waals surface area contributed by atoms with Crippen LogP contribution in [0.25, 0.3) is 0 Å². The van der Waals surface area contributed by atoms with Crippen LogP contribution in [-0.4, -0.2) is 31.5 Å². The molecular weight excluding hydrogens is 239 g/mol. The van der Waals surface area contributed by atoms with Gasteiger partial charge in [-0.2, -0.15) is 0 Å². The van der Waals surface area contributed by atoms with Gasteiger partial charge in [0.1, 0.15) is 12.7 Å². The molecule has 1 aromatic rings. The van der Waals surface area contributed by atoms with E-state index in [-0.39, 0.29) is 13.2 Å². The summed E-state index contributed by atoms with van der Waals surface area (Å²) >= 11 is 11.7. The smallest absolute Gasteiger partial charge is 0.156 e. The summed E-state index contributed by atoms with van der Waals surface area (Å²) in [6.45, 7) is 0.305. The topological polar surface area (TPSA) is 38.7 Å². The van der Waals surface area contributed by atoms with Gasteiger partial charge in [0.15, 0.2) is 5.75 Å². The number of hydrogen-bond donors (Lipinski definition) is 1. The molecule has 0 aliphatic heterocycles. The number of ether oxygens (including phenoxy) is 2. The maximum atomic E-state index is 9.36. The highest BCUT2D eigenvalue weighted by Crippen LogP contribution is 2.32. The van der Waals surface area contributed by atoms with Crippen molar-refractivity contribution in [3.05, 3.63) is 28.2 Å². The van der Waals surface area contributed by atoms with Crippen LogP contribution in [0.5, 0.6) is 5.75 Å². The van der Waals surface area contributed by atoms with Gasteiger partial charge >= 0.3 is 0 Å². The Bertz CT molecular complexity index is 297. The summed E-state index contributed by atoms with van der Waals surface area (Å²) in [7, 11) is 1.51. The Morgan fingerprint density at radius 2 is 1.87 bits per heavy atom. The van der Waals surface area contributed by atoms with Gasteiger partial charge in [-0.25, -0.2) is 0 Å². The highest BCUT2D eigenvalue weighted by Gasteiger charge is 2.09. The van der Waals surface area contributed by atoms with Gasteiger partial charge < -0.3 is 14.6 Å². The first kappa shape index (κ1) is 12.6. The molecule has 0 saturated heterocycles. The van der Waals surface area contributed by atoms with Gasteiger partial charge in [0.25, 0.3) is 0 Å². The maximum Gasteiger partial charge on any atom is 0.156 e. The molecule has 0 unspecified atom stereocenters. The number of halogens is 2. The average Bonchev–Trinajstić information content (AvgIpc) is 2.17. The fraction of sp³-hybridized carbons (Fsp3) is 0.400. The molecule has 0 spiro atoms. The Morgan fingerprint density at radius 3 is 2.40 bits per heavy atom. The maximum absolute atomic E-state index is 9.36. The van der Waals surface area contributed by atoms with Crippen LogP contribution in [-0.2, 0) is 4.74 Å². The molecule has 1 aromatic carbocycles. The molecule has 1 N–H and O–H groups in total. The molecule has 0 aliphatic carbocycles. The largest absolute Gasteiger partial charge is 0.488 e. The molecule has 15 heavy (non-hydrogen) atoms. The highest BCUT2D eigenvalue weighted by molar-refractivity contribution is 6.37. The van der Waals surface area contributed by atoms with Crippen molar-refractivity contribution in [1.29, 1.82) is 0 Å². The van der Waals surface area contributed by atoms with Crippen molar-refractivity contribution in [2.45, 2.75) is 6.10 Å². The van der Waals surface area contributed by atoms with E-state index in [4.69, 9.17) is 32.7 Å². The Kier molecular flexibility index (Phi) is 5.19. The predicted octanol–water partition coefficient (Wildman–Crippen LogP) is 2.38. The summed E-state index contributed by atoms with van der Waals surface area (Å²) in [5, 5.41) is 10.2. The monoisotopic (exact) mass is 250 g/mol. The summed E-state index contributed by atoms with van der Waals surface area (Å²) in [5.41, 5.74) is 0. The van der Waals surface area contributed by atoms with Crippen LogP contribution in [0.3, 0.4) is 0 Å². The lowest BCUT2D eigenvalue weighted by molar-refractivity contribution is 0.0326. The lowest BCUT2D eigenvalue weighted by Gasteiger charge is -2.13. The molecule has 1 atom stereocenters. The Hall–Kier alpha value is -0.480. The van der Waals surface area contributed by atoms with Crippen molar-refractivity contribution in [1.82, 2.24) is 0 Å². The quantitative estimate of drug-likeness (QED) is 0.873. The fourth-order valence-electron chi connectivity index (χ4n) is 1.04. The van der Waals surface area contributed by atoms with Gasteiger partial charge in [-0.15, -0.1) is 0 Å². The fourth-order valence-corrected chi connectivity index (χ4v) is 1.55. The first-order chi connectivity index (χ1) is 7.15. The van der Waals surface area contributed by atoms with Crippen LogP contribution in [0.1, 0.15) is 0 Å². The second-order valence-electron chi connectivity index (χ2n) is 2.97. The molecule has 5 heteroatoms. The minimum atomic E-state index is -0.692. The highest BCUT2D eigenvalue weighted by atomic mass is 35.5. The van der Waals surface area contributed by atoms with Crippen molar-refractivity contribution in [3.8, 4) is 5.75 Å². The van der Waals surface area contributed by atoms with Gasteiger partial charge in [-0.3, -0.25) is 0 Å². The molecule has 0 aliphatic rings. The predicted molar refractivity (Wildman–Crippen MR) is 59.8 cm³/mol. The van der Waals surface area contributed by atoms with Crippen LogP contribution >= 0.6 is 23.2 Å². The van der Waals surface area contributed by atoms with Crippen molar-refractivity contribution >= 4 is 23.2 Å². The average molecular weight is 251 g/mol. The summed E-state index contributed by atoms with van der Waals surface area (Å²) in [5.74, 6) is 0.385. The van der Waals surface area contributed by atoms with E-state index >= 15 is 0 Å². The number of benzene rings is 1. The van der Waals surface area contributed by atoms with Gasteiger partial charge in [0, 0.05) is 7.11 Å². The van der Waals surface area contributed by atoms with Crippen LogP contribution in [0.15, 0.2) is 18.2 Å². The Balaban J connectivity index is 2.57. The molecule has 0 fully saturated rings. The van der Waals surface area contributed by atoms with Gasteiger partial charge in [0.2, 0.25) is 0 Å². The number of rotatable bonds is 5. The third-order valence-electron chi connectivity index (χ3n) is 1.70. The summed E-state index contributed by atoms with van der Waals surface area (Å²) in [6.07, 6.45) is -0.692. The molecule has 3 nitrogen and oxygen atoms in total. The van der Waals surface area contributed by atoms with Gasteiger partial charge in [-0.05, 0) is 12.1 Å². The minimum absolute atomic E-state index is 0.0945. The van der Waals surface area contributed by atoms with E-state index < -0.39 is 6.10 Å².